The van der Waals surface area contributed by atoms with E-state index in [0.29, 0.717) is 22.3 Å². The summed E-state index contributed by atoms with van der Waals surface area (Å²) in [7, 11) is -0.566. The molecule has 1 N–H and O–H groups in total. The van der Waals surface area contributed by atoms with E-state index in [2.05, 4.69) is 4.72 Å². The number of sulfonamides is 1. The first-order valence-electron chi connectivity index (χ1n) is 7.15. The number of aromatic nitrogens is 2. The zero-order chi connectivity index (χ0) is 17.6. The van der Waals surface area contributed by atoms with E-state index in [1.54, 1.807) is 33.2 Å². The molecule has 8 heteroatoms. The minimum absolute atomic E-state index is 0.0367. The lowest BCUT2D eigenvalue weighted by Crippen LogP contribution is -2.19. The lowest BCUT2D eigenvalue weighted by atomic mass is 10.2. The number of nitrogens with one attached hydrogen (secondary N) is 1. The molecule has 0 saturated carbocycles. The average Bonchev–Trinajstić information content (AvgIpc) is 2.73. The third-order valence-corrected chi connectivity index (χ3v) is 5.37. The molecule has 0 unspecified atom stereocenters. The molecular weight excluding hydrogens is 333 g/mol. The Kier molecular flexibility index (Phi) is 3.71. The van der Waals surface area contributed by atoms with Crippen molar-refractivity contribution in [1.29, 1.82) is 0 Å². The smallest absolute Gasteiger partial charge is 0.295 e. The van der Waals surface area contributed by atoms with Gasteiger partial charge in [-0.3, -0.25) is 13.9 Å². The molecule has 3 rings (SSSR count). The molecule has 0 aliphatic rings. The number of nitrogens with zero attached hydrogens (tertiary/aromatic N) is 2. The second-order valence-corrected chi connectivity index (χ2v) is 7.30. The topological polar surface area (TPSA) is 73.1 Å². The van der Waals surface area contributed by atoms with Crippen molar-refractivity contribution in [1.82, 2.24) is 9.13 Å². The molecule has 0 saturated heterocycles. The van der Waals surface area contributed by atoms with Crippen molar-refractivity contribution in [3.05, 3.63) is 58.3 Å². The van der Waals surface area contributed by atoms with Gasteiger partial charge in [-0.25, -0.2) is 17.6 Å². The van der Waals surface area contributed by atoms with Crippen molar-refractivity contribution in [3.8, 4) is 0 Å². The molecule has 3 aromatic rings. The Labute approximate surface area is 138 Å². The van der Waals surface area contributed by atoms with Gasteiger partial charge < -0.3 is 0 Å². The van der Waals surface area contributed by atoms with Gasteiger partial charge in [-0.1, -0.05) is 0 Å². The maximum absolute atomic E-state index is 13.0. The Bertz CT molecular complexity index is 1100. The predicted octanol–water partition coefficient (Wildman–Crippen LogP) is 2.13. The molecule has 2 aromatic carbocycles. The summed E-state index contributed by atoms with van der Waals surface area (Å²) in [6.07, 6.45) is 0. The van der Waals surface area contributed by atoms with Crippen LogP contribution in [0.2, 0.25) is 0 Å². The largest absolute Gasteiger partial charge is 0.328 e. The van der Waals surface area contributed by atoms with Crippen molar-refractivity contribution >= 4 is 26.7 Å². The molecule has 0 atom stereocenters. The monoisotopic (exact) mass is 349 g/mol. The van der Waals surface area contributed by atoms with Gasteiger partial charge in [0.15, 0.2) is 0 Å². The number of imidazole rings is 1. The second kappa shape index (κ2) is 5.48. The third-order valence-electron chi connectivity index (χ3n) is 3.99. The molecule has 0 aliphatic carbocycles. The number of rotatable bonds is 3. The Balaban J connectivity index is 2.10. The Morgan fingerprint density at radius 3 is 2.12 bits per heavy atom. The van der Waals surface area contributed by atoms with Gasteiger partial charge in [-0.2, -0.15) is 0 Å². The van der Waals surface area contributed by atoms with E-state index in [0.717, 1.165) is 12.1 Å². The summed E-state index contributed by atoms with van der Waals surface area (Å²) < 4.78 is 43.3. The molecule has 1 heterocycles. The van der Waals surface area contributed by atoms with Crippen LogP contribution in [0.3, 0.4) is 0 Å². The lowest BCUT2D eigenvalue weighted by molar-refractivity contribution is 0.599. The molecule has 0 amide bonds. The Morgan fingerprint density at radius 2 is 1.54 bits per heavy atom. The van der Waals surface area contributed by atoms with Crippen molar-refractivity contribution in [2.45, 2.75) is 11.8 Å². The highest BCUT2D eigenvalue weighted by Crippen LogP contribution is 2.25. The zero-order valence-electron chi connectivity index (χ0n) is 13.4. The number of hydrogen-bond donors (Lipinski definition) is 1. The summed E-state index contributed by atoms with van der Waals surface area (Å²) in [5, 5.41) is 0. The van der Waals surface area contributed by atoms with Gasteiger partial charge in [0.2, 0.25) is 0 Å². The normalized spacial score (nSPS) is 11.8. The van der Waals surface area contributed by atoms with Crippen LogP contribution >= 0.6 is 0 Å². The number of aryl methyl sites for hydroxylation is 3. The van der Waals surface area contributed by atoms with Crippen LogP contribution in [-0.2, 0) is 24.1 Å². The van der Waals surface area contributed by atoms with E-state index in [9.17, 15) is 17.6 Å². The molecule has 0 spiro atoms. The summed E-state index contributed by atoms with van der Waals surface area (Å²) in [4.78, 5) is 12.0. The summed E-state index contributed by atoms with van der Waals surface area (Å²) in [6.45, 7) is 1.75. The Hall–Kier alpha value is -2.61. The lowest BCUT2D eigenvalue weighted by Gasteiger charge is -2.11. The van der Waals surface area contributed by atoms with Gasteiger partial charge in [0.05, 0.1) is 21.6 Å². The van der Waals surface area contributed by atoms with E-state index in [1.807, 2.05) is 0 Å². The van der Waals surface area contributed by atoms with Crippen molar-refractivity contribution in [3.63, 3.8) is 0 Å². The highest BCUT2D eigenvalue weighted by atomic mass is 32.2. The molecule has 0 fully saturated rings. The summed E-state index contributed by atoms with van der Waals surface area (Å²) in [5.41, 5.74) is 2.18. The summed E-state index contributed by atoms with van der Waals surface area (Å²) >= 11 is 0. The molecule has 126 valence electrons. The number of hydrogen-bond acceptors (Lipinski definition) is 3. The number of anilines is 1. The maximum atomic E-state index is 13.0. The first kappa shape index (κ1) is 16.3. The van der Waals surface area contributed by atoms with Crippen LogP contribution in [0.15, 0.2) is 46.1 Å². The molecular formula is C16H16FN3O3S. The third kappa shape index (κ3) is 2.58. The van der Waals surface area contributed by atoms with E-state index in [-0.39, 0.29) is 10.6 Å². The quantitative estimate of drug-likeness (QED) is 0.787. The molecule has 0 radical (unpaired) electrons. The minimum Gasteiger partial charge on any atom is -0.295 e. The van der Waals surface area contributed by atoms with Gasteiger partial charge in [0.1, 0.15) is 5.82 Å². The fourth-order valence-electron chi connectivity index (χ4n) is 2.58. The SMILES string of the molecule is Cc1cc2c(cc1NS(=O)(=O)c1ccc(F)cc1)n(C)c(=O)n2C. The van der Waals surface area contributed by atoms with Gasteiger partial charge in [-0.05, 0) is 48.9 Å². The van der Waals surface area contributed by atoms with Crippen LogP contribution in [0.25, 0.3) is 11.0 Å². The van der Waals surface area contributed by atoms with Gasteiger partial charge >= 0.3 is 5.69 Å². The van der Waals surface area contributed by atoms with Crippen molar-refractivity contribution in [2.24, 2.45) is 14.1 Å². The van der Waals surface area contributed by atoms with Crippen LogP contribution in [0.5, 0.6) is 0 Å². The standard InChI is InChI=1S/C16H16FN3O3S/c1-10-8-14-15(20(3)16(21)19(14)2)9-13(10)18-24(22,23)12-6-4-11(17)5-7-12/h4-9,18H,1-3H3. The molecule has 0 bridgehead atoms. The van der Waals surface area contributed by atoms with Gasteiger partial charge in [0.25, 0.3) is 10.0 Å². The number of fused-ring (bicyclic) bond motifs is 1. The van der Waals surface area contributed by atoms with E-state index >= 15 is 0 Å². The Morgan fingerprint density at radius 1 is 1.00 bits per heavy atom. The maximum Gasteiger partial charge on any atom is 0.328 e. The van der Waals surface area contributed by atoms with Crippen LogP contribution < -0.4 is 10.4 Å². The molecule has 6 nitrogen and oxygen atoms in total. The van der Waals surface area contributed by atoms with Gasteiger partial charge in [0, 0.05) is 14.1 Å². The van der Waals surface area contributed by atoms with Crippen LogP contribution in [0.1, 0.15) is 5.56 Å². The van der Waals surface area contributed by atoms with E-state index in [4.69, 9.17) is 0 Å². The number of benzene rings is 2. The molecule has 1 aromatic heterocycles. The van der Waals surface area contributed by atoms with E-state index in [1.165, 1.54) is 21.3 Å². The highest BCUT2D eigenvalue weighted by Gasteiger charge is 2.17. The predicted molar refractivity (Wildman–Crippen MR) is 90.1 cm³/mol. The van der Waals surface area contributed by atoms with Crippen LogP contribution in [0.4, 0.5) is 10.1 Å². The van der Waals surface area contributed by atoms with Crippen molar-refractivity contribution in [2.75, 3.05) is 4.72 Å². The van der Waals surface area contributed by atoms with Gasteiger partial charge in [-0.15, -0.1) is 0 Å². The zero-order valence-corrected chi connectivity index (χ0v) is 14.2. The first-order valence-corrected chi connectivity index (χ1v) is 8.63. The second-order valence-electron chi connectivity index (χ2n) is 5.62. The minimum atomic E-state index is -3.85. The molecule has 0 aliphatic heterocycles. The molecule has 24 heavy (non-hydrogen) atoms. The summed E-state index contributed by atoms with van der Waals surface area (Å²) in [5.74, 6) is -0.508. The summed E-state index contributed by atoms with van der Waals surface area (Å²) in [6, 6.07) is 7.94. The van der Waals surface area contributed by atoms with Crippen LogP contribution in [-0.4, -0.2) is 17.6 Å². The van der Waals surface area contributed by atoms with E-state index < -0.39 is 15.8 Å². The fourth-order valence-corrected chi connectivity index (χ4v) is 3.70. The number of halogens is 1. The fraction of sp³-hybridized carbons (Fsp3) is 0.188. The van der Waals surface area contributed by atoms with Crippen molar-refractivity contribution < 1.29 is 12.8 Å². The highest BCUT2D eigenvalue weighted by molar-refractivity contribution is 7.92. The first-order chi connectivity index (χ1) is 11.2. The average molecular weight is 349 g/mol. The van der Waals surface area contributed by atoms with Crippen LogP contribution in [0, 0.1) is 12.7 Å².